The molecule has 2 aliphatic heterocycles. The molecule has 0 radical (unpaired) electrons. The lowest BCUT2D eigenvalue weighted by molar-refractivity contribution is -0.121. The van der Waals surface area contributed by atoms with Crippen LogP contribution in [0.5, 0.6) is 0 Å². The second-order valence-corrected chi connectivity index (χ2v) is 7.12. The van der Waals surface area contributed by atoms with Crippen LogP contribution in [0.3, 0.4) is 0 Å². The Bertz CT molecular complexity index is 520. The van der Waals surface area contributed by atoms with Crippen LogP contribution < -0.4 is 15.5 Å². The normalized spacial score (nSPS) is 20.3. The highest BCUT2D eigenvalue weighted by atomic mass is 35.5. The highest BCUT2D eigenvalue weighted by Gasteiger charge is 2.18. The minimum absolute atomic E-state index is 0. The summed E-state index contributed by atoms with van der Waals surface area (Å²) in [5.41, 5.74) is 0. The Morgan fingerprint density at radius 3 is 2.70 bits per heavy atom. The second-order valence-electron chi connectivity index (χ2n) is 7.12. The van der Waals surface area contributed by atoms with Crippen LogP contribution >= 0.6 is 24.8 Å². The fraction of sp³-hybridized carbons (Fsp3) is 0.684. The van der Waals surface area contributed by atoms with Gasteiger partial charge in [-0.1, -0.05) is 6.07 Å². The van der Waals surface area contributed by atoms with Crippen LogP contribution in [0.2, 0.25) is 0 Å². The third kappa shape index (κ3) is 8.21. The molecule has 1 atom stereocenters. The zero-order valence-corrected chi connectivity index (χ0v) is 17.6. The molecule has 154 valence electrons. The fourth-order valence-corrected chi connectivity index (χ4v) is 3.68. The number of carbonyl (C=O) groups excluding carboxylic acids is 1. The van der Waals surface area contributed by atoms with Gasteiger partial charge in [0, 0.05) is 51.9 Å². The van der Waals surface area contributed by atoms with Crippen molar-refractivity contribution < 1.29 is 4.79 Å². The van der Waals surface area contributed by atoms with Crippen LogP contribution in [-0.2, 0) is 4.79 Å². The lowest BCUT2D eigenvalue weighted by atomic mass is 9.96. The standard InChI is InChI=1S/C19H31N5O.2ClH/c25-19(22-10-6-17-4-3-8-20-16-17)7-11-23-12-14-24(15-13-23)18-5-1-2-9-21-18;;/h1-2,5,9,17,20H,3-4,6-8,10-16H2,(H,22,25);2*1H. The van der Waals surface area contributed by atoms with Crippen LogP contribution in [0.4, 0.5) is 5.82 Å². The molecule has 2 N–H and O–H groups in total. The molecule has 8 heteroatoms. The Kier molecular flexibility index (Phi) is 11.7. The summed E-state index contributed by atoms with van der Waals surface area (Å²) in [6.45, 7) is 7.88. The number of halogens is 2. The van der Waals surface area contributed by atoms with Gasteiger partial charge < -0.3 is 15.5 Å². The summed E-state index contributed by atoms with van der Waals surface area (Å²) in [5.74, 6) is 1.97. The number of hydrogen-bond acceptors (Lipinski definition) is 5. The Morgan fingerprint density at radius 1 is 1.22 bits per heavy atom. The highest BCUT2D eigenvalue weighted by Crippen LogP contribution is 2.13. The Balaban J connectivity index is 0.00000182. The number of piperidine rings is 1. The molecule has 0 bridgehead atoms. The minimum atomic E-state index is 0. The molecule has 1 amide bonds. The number of aromatic nitrogens is 1. The molecule has 0 aromatic carbocycles. The first kappa shape index (κ1) is 24.0. The molecule has 1 aromatic heterocycles. The average molecular weight is 418 g/mol. The molecule has 2 aliphatic rings. The first-order chi connectivity index (χ1) is 12.3. The zero-order chi connectivity index (χ0) is 17.3. The predicted molar refractivity (Wildman–Crippen MR) is 115 cm³/mol. The van der Waals surface area contributed by atoms with E-state index in [2.05, 4.69) is 31.5 Å². The lowest BCUT2D eigenvalue weighted by Crippen LogP contribution is -2.47. The van der Waals surface area contributed by atoms with Gasteiger partial charge in [0.1, 0.15) is 5.82 Å². The van der Waals surface area contributed by atoms with E-state index in [9.17, 15) is 4.79 Å². The summed E-state index contributed by atoms with van der Waals surface area (Å²) in [5, 5.41) is 6.52. The van der Waals surface area contributed by atoms with E-state index < -0.39 is 0 Å². The molecule has 1 aromatic rings. The van der Waals surface area contributed by atoms with Crippen molar-refractivity contribution >= 4 is 36.5 Å². The number of carbonyl (C=O) groups is 1. The van der Waals surface area contributed by atoms with Gasteiger partial charge in [0.15, 0.2) is 0 Å². The first-order valence-corrected chi connectivity index (χ1v) is 9.67. The van der Waals surface area contributed by atoms with Gasteiger partial charge in [-0.15, -0.1) is 24.8 Å². The van der Waals surface area contributed by atoms with Gasteiger partial charge in [0.2, 0.25) is 5.91 Å². The minimum Gasteiger partial charge on any atom is -0.356 e. The van der Waals surface area contributed by atoms with Crippen molar-refractivity contribution in [3.8, 4) is 0 Å². The molecule has 3 rings (SSSR count). The topological polar surface area (TPSA) is 60.5 Å². The zero-order valence-electron chi connectivity index (χ0n) is 15.9. The van der Waals surface area contributed by atoms with Gasteiger partial charge in [0.25, 0.3) is 0 Å². The van der Waals surface area contributed by atoms with E-state index in [0.717, 1.165) is 70.5 Å². The van der Waals surface area contributed by atoms with Crippen molar-refractivity contribution in [3.05, 3.63) is 24.4 Å². The number of nitrogens with zero attached hydrogens (tertiary/aromatic N) is 3. The van der Waals surface area contributed by atoms with Crippen LogP contribution in [0.15, 0.2) is 24.4 Å². The van der Waals surface area contributed by atoms with E-state index in [1.54, 1.807) is 0 Å². The summed E-state index contributed by atoms with van der Waals surface area (Å²) >= 11 is 0. The Hall–Kier alpha value is -1.08. The van der Waals surface area contributed by atoms with Gasteiger partial charge >= 0.3 is 0 Å². The summed E-state index contributed by atoms with van der Waals surface area (Å²) in [7, 11) is 0. The largest absolute Gasteiger partial charge is 0.356 e. The second kappa shape index (κ2) is 13.2. The predicted octanol–water partition coefficient (Wildman–Crippen LogP) is 1.94. The quantitative estimate of drug-likeness (QED) is 0.709. The van der Waals surface area contributed by atoms with E-state index >= 15 is 0 Å². The van der Waals surface area contributed by atoms with Crippen molar-refractivity contribution in [2.75, 3.05) is 57.3 Å². The van der Waals surface area contributed by atoms with E-state index in [1.165, 1.54) is 12.8 Å². The molecule has 1 unspecified atom stereocenters. The first-order valence-electron chi connectivity index (χ1n) is 9.67. The highest BCUT2D eigenvalue weighted by molar-refractivity contribution is 5.85. The maximum Gasteiger partial charge on any atom is 0.221 e. The summed E-state index contributed by atoms with van der Waals surface area (Å²) in [6.07, 6.45) is 6.11. The van der Waals surface area contributed by atoms with Crippen molar-refractivity contribution in [1.82, 2.24) is 20.5 Å². The van der Waals surface area contributed by atoms with Crippen LogP contribution in [0.1, 0.15) is 25.7 Å². The number of rotatable bonds is 7. The van der Waals surface area contributed by atoms with Gasteiger partial charge in [-0.3, -0.25) is 9.69 Å². The molecule has 0 saturated carbocycles. The maximum atomic E-state index is 12.0. The van der Waals surface area contributed by atoms with Gasteiger partial charge in [-0.05, 0) is 50.4 Å². The third-order valence-corrected chi connectivity index (χ3v) is 5.27. The molecule has 3 heterocycles. The summed E-state index contributed by atoms with van der Waals surface area (Å²) in [4.78, 5) is 21.1. The van der Waals surface area contributed by atoms with Crippen LogP contribution in [0.25, 0.3) is 0 Å². The SMILES string of the molecule is Cl.Cl.O=C(CCN1CCN(c2ccccn2)CC1)NCCC1CCCNC1. The third-order valence-electron chi connectivity index (χ3n) is 5.27. The number of nitrogens with one attached hydrogen (secondary N) is 2. The van der Waals surface area contributed by atoms with Crippen molar-refractivity contribution in [2.45, 2.75) is 25.7 Å². The monoisotopic (exact) mass is 417 g/mol. The van der Waals surface area contributed by atoms with Crippen molar-refractivity contribution in [3.63, 3.8) is 0 Å². The van der Waals surface area contributed by atoms with Crippen LogP contribution in [-0.4, -0.2) is 68.1 Å². The number of anilines is 1. The van der Waals surface area contributed by atoms with Crippen molar-refractivity contribution in [2.24, 2.45) is 5.92 Å². The molecular formula is C19H33Cl2N5O. The van der Waals surface area contributed by atoms with E-state index in [1.807, 2.05) is 18.3 Å². The van der Waals surface area contributed by atoms with E-state index in [4.69, 9.17) is 0 Å². The molecule has 6 nitrogen and oxygen atoms in total. The van der Waals surface area contributed by atoms with Crippen LogP contribution in [0, 0.1) is 5.92 Å². The van der Waals surface area contributed by atoms with Gasteiger partial charge in [-0.25, -0.2) is 4.98 Å². The lowest BCUT2D eigenvalue weighted by Gasteiger charge is -2.35. The Labute approximate surface area is 175 Å². The smallest absolute Gasteiger partial charge is 0.221 e. The molecule has 2 fully saturated rings. The molecule has 2 saturated heterocycles. The molecule has 0 spiro atoms. The summed E-state index contributed by atoms with van der Waals surface area (Å²) < 4.78 is 0. The molecular weight excluding hydrogens is 385 g/mol. The Morgan fingerprint density at radius 2 is 2.04 bits per heavy atom. The number of hydrogen-bond donors (Lipinski definition) is 2. The number of piperazine rings is 1. The van der Waals surface area contributed by atoms with Crippen molar-refractivity contribution in [1.29, 1.82) is 0 Å². The van der Waals surface area contributed by atoms with E-state index in [-0.39, 0.29) is 30.7 Å². The van der Waals surface area contributed by atoms with E-state index in [0.29, 0.717) is 6.42 Å². The fourth-order valence-electron chi connectivity index (χ4n) is 3.68. The molecule has 0 aliphatic carbocycles. The summed E-state index contributed by atoms with van der Waals surface area (Å²) in [6, 6.07) is 6.04. The van der Waals surface area contributed by atoms with Gasteiger partial charge in [0.05, 0.1) is 0 Å². The van der Waals surface area contributed by atoms with Gasteiger partial charge in [-0.2, -0.15) is 0 Å². The number of pyridine rings is 1. The maximum absolute atomic E-state index is 12.0. The average Bonchev–Trinajstić information content (AvgIpc) is 2.68. The number of amides is 1. The molecule has 27 heavy (non-hydrogen) atoms.